The molecule has 0 bridgehead atoms. The summed E-state index contributed by atoms with van der Waals surface area (Å²) >= 11 is 5.36. The molecule has 0 aromatic heterocycles. The van der Waals surface area contributed by atoms with Crippen LogP contribution in [0.15, 0.2) is 0 Å². The van der Waals surface area contributed by atoms with Gasteiger partial charge in [0, 0.05) is 18.6 Å². The van der Waals surface area contributed by atoms with E-state index < -0.39 is 0 Å². The molecule has 0 spiro atoms. The summed E-state index contributed by atoms with van der Waals surface area (Å²) in [5.41, 5.74) is 0. The maximum atomic E-state index is 5.36. The van der Waals surface area contributed by atoms with E-state index in [0.717, 1.165) is 17.7 Å². The summed E-state index contributed by atoms with van der Waals surface area (Å²) in [5, 5.41) is 4.44. The third kappa shape index (κ3) is 1.80. The predicted molar refractivity (Wildman–Crippen MR) is 58.8 cm³/mol. The first-order chi connectivity index (χ1) is 6.31. The van der Waals surface area contributed by atoms with Gasteiger partial charge in [-0.25, -0.2) is 0 Å². The SMILES string of the molecule is CCC1CCN1C(=S)NC1CCC1. The number of nitrogens with one attached hydrogen (secondary N) is 1. The summed E-state index contributed by atoms with van der Waals surface area (Å²) in [4.78, 5) is 2.34. The summed E-state index contributed by atoms with van der Waals surface area (Å²) in [5.74, 6) is 0. The van der Waals surface area contributed by atoms with Crippen LogP contribution in [-0.2, 0) is 0 Å². The number of hydrogen-bond acceptors (Lipinski definition) is 1. The highest BCUT2D eigenvalue weighted by molar-refractivity contribution is 7.80. The van der Waals surface area contributed by atoms with Crippen molar-refractivity contribution in [2.45, 2.75) is 51.1 Å². The Labute approximate surface area is 85.7 Å². The highest BCUT2D eigenvalue weighted by Crippen LogP contribution is 2.23. The zero-order chi connectivity index (χ0) is 9.26. The molecule has 2 rings (SSSR count). The van der Waals surface area contributed by atoms with Crippen molar-refractivity contribution >= 4 is 17.3 Å². The van der Waals surface area contributed by atoms with Crippen molar-refractivity contribution in [2.24, 2.45) is 0 Å². The molecule has 13 heavy (non-hydrogen) atoms. The molecule has 2 fully saturated rings. The Morgan fingerprint density at radius 1 is 1.46 bits per heavy atom. The van der Waals surface area contributed by atoms with Gasteiger partial charge < -0.3 is 10.2 Å². The number of hydrogen-bond donors (Lipinski definition) is 1. The molecule has 1 saturated carbocycles. The lowest BCUT2D eigenvalue weighted by atomic mass is 9.93. The van der Waals surface area contributed by atoms with Crippen LogP contribution in [0, 0.1) is 0 Å². The van der Waals surface area contributed by atoms with Gasteiger partial charge in [-0.05, 0) is 44.3 Å². The second-order valence-corrected chi connectivity index (χ2v) is 4.51. The van der Waals surface area contributed by atoms with Crippen molar-refractivity contribution in [1.82, 2.24) is 10.2 Å². The van der Waals surface area contributed by atoms with E-state index in [1.807, 2.05) is 0 Å². The molecule has 3 heteroatoms. The Hall–Kier alpha value is -0.310. The van der Waals surface area contributed by atoms with Crippen molar-refractivity contribution in [3.8, 4) is 0 Å². The van der Waals surface area contributed by atoms with Crippen LogP contribution in [0.5, 0.6) is 0 Å². The number of likely N-dealkylation sites (tertiary alicyclic amines) is 1. The second-order valence-electron chi connectivity index (χ2n) is 4.12. The Kier molecular flexibility index (Phi) is 2.72. The quantitative estimate of drug-likeness (QED) is 0.682. The summed E-state index contributed by atoms with van der Waals surface area (Å²) < 4.78 is 0. The van der Waals surface area contributed by atoms with Gasteiger partial charge in [0.25, 0.3) is 0 Å². The highest BCUT2D eigenvalue weighted by Gasteiger charge is 2.29. The lowest BCUT2D eigenvalue weighted by molar-refractivity contribution is 0.173. The summed E-state index contributed by atoms with van der Waals surface area (Å²) in [6, 6.07) is 1.41. The molecule has 1 atom stereocenters. The number of rotatable bonds is 2. The third-order valence-electron chi connectivity index (χ3n) is 3.31. The first kappa shape index (κ1) is 9.25. The van der Waals surface area contributed by atoms with E-state index in [9.17, 15) is 0 Å². The largest absolute Gasteiger partial charge is 0.360 e. The van der Waals surface area contributed by atoms with Gasteiger partial charge in [0.05, 0.1) is 0 Å². The van der Waals surface area contributed by atoms with E-state index in [2.05, 4.69) is 17.1 Å². The third-order valence-corrected chi connectivity index (χ3v) is 3.66. The Bertz CT molecular complexity index is 199. The molecule has 2 nitrogen and oxygen atoms in total. The van der Waals surface area contributed by atoms with Crippen LogP contribution >= 0.6 is 12.2 Å². The summed E-state index contributed by atoms with van der Waals surface area (Å²) in [7, 11) is 0. The average molecular weight is 198 g/mol. The first-order valence-electron chi connectivity index (χ1n) is 5.38. The minimum Gasteiger partial charge on any atom is -0.360 e. The summed E-state index contributed by atoms with van der Waals surface area (Å²) in [6.07, 6.45) is 6.54. The summed E-state index contributed by atoms with van der Waals surface area (Å²) in [6.45, 7) is 3.40. The lowest BCUT2D eigenvalue weighted by Gasteiger charge is -2.44. The minimum absolute atomic E-state index is 0.686. The maximum Gasteiger partial charge on any atom is 0.169 e. The fourth-order valence-electron chi connectivity index (χ4n) is 1.94. The van der Waals surface area contributed by atoms with Gasteiger partial charge in [0.2, 0.25) is 0 Å². The van der Waals surface area contributed by atoms with Crippen LogP contribution in [0.1, 0.15) is 39.0 Å². The topological polar surface area (TPSA) is 15.3 Å². The van der Waals surface area contributed by atoms with Gasteiger partial charge in [0.1, 0.15) is 0 Å². The van der Waals surface area contributed by atoms with E-state index in [1.165, 1.54) is 32.1 Å². The van der Waals surface area contributed by atoms with Crippen molar-refractivity contribution in [2.75, 3.05) is 6.54 Å². The van der Waals surface area contributed by atoms with Crippen molar-refractivity contribution in [1.29, 1.82) is 0 Å². The van der Waals surface area contributed by atoms with Crippen molar-refractivity contribution in [3.05, 3.63) is 0 Å². The average Bonchev–Trinajstić information content (AvgIpc) is 1.96. The molecule has 0 aromatic rings. The standard InChI is InChI=1S/C10H18N2S/c1-2-9-6-7-12(9)10(13)11-8-4-3-5-8/h8-9H,2-7H2,1H3,(H,11,13). The highest BCUT2D eigenvalue weighted by atomic mass is 32.1. The molecule has 0 radical (unpaired) electrons. The fraction of sp³-hybridized carbons (Fsp3) is 0.900. The predicted octanol–water partition coefficient (Wildman–Crippen LogP) is 1.90. The normalized spacial score (nSPS) is 27.8. The molecular formula is C10H18N2S. The van der Waals surface area contributed by atoms with Crippen LogP contribution in [0.2, 0.25) is 0 Å². The molecule has 1 saturated heterocycles. The zero-order valence-corrected chi connectivity index (χ0v) is 9.07. The van der Waals surface area contributed by atoms with Gasteiger partial charge in [-0.15, -0.1) is 0 Å². The van der Waals surface area contributed by atoms with E-state index in [-0.39, 0.29) is 0 Å². The number of thiocarbonyl (C=S) groups is 1. The van der Waals surface area contributed by atoms with Crippen LogP contribution < -0.4 is 5.32 Å². The second kappa shape index (κ2) is 3.82. The molecule has 1 heterocycles. The minimum atomic E-state index is 0.686. The Balaban J connectivity index is 1.76. The van der Waals surface area contributed by atoms with E-state index in [0.29, 0.717) is 6.04 Å². The van der Waals surface area contributed by atoms with E-state index in [1.54, 1.807) is 0 Å². The van der Waals surface area contributed by atoms with Crippen LogP contribution in [0.3, 0.4) is 0 Å². The lowest BCUT2D eigenvalue weighted by Crippen LogP contribution is -2.57. The van der Waals surface area contributed by atoms with Crippen LogP contribution in [-0.4, -0.2) is 28.6 Å². The van der Waals surface area contributed by atoms with Crippen LogP contribution in [0.4, 0.5) is 0 Å². The molecule has 1 aliphatic carbocycles. The molecule has 1 N–H and O–H groups in total. The van der Waals surface area contributed by atoms with Crippen LogP contribution in [0.25, 0.3) is 0 Å². The van der Waals surface area contributed by atoms with Crippen molar-refractivity contribution < 1.29 is 0 Å². The first-order valence-corrected chi connectivity index (χ1v) is 5.79. The Morgan fingerprint density at radius 2 is 2.23 bits per heavy atom. The Morgan fingerprint density at radius 3 is 2.62 bits per heavy atom. The molecule has 1 unspecified atom stereocenters. The monoisotopic (exact) mass is 198 g/mol. The molecule has 1 aliphatic heterocycles. The van der Waals surface area contributed by atoms with Gasteiger partial charge in [-0.2, -0.15) is 0 Å². The molecular weight excluding hydrogens is 180 g/mol. The zero-order valence-electron chi connectivity index (χ0n) is 8.25. The smallest absolute Gasteiger partial charge is 0.169 e. The molecule has 2 aliphatic rings. The van der Waals surface area contributed by atoms with Gasteiger partial charge >= 0.3 is 0 Å². The van der Waals surface area contributed by atoms with E-state index >= 15 is 0 Å². The molecule has 0 amide bonds. The maximum absolute atomic E-state index is 5.36. The fourth-order valence-corrected chi connectivity index (χ4v) is 2.35. The van der Waals surface area contributed by atoms with E-state index in [4.69, 9.17) is 12.2 Å². The number of nitrogens with zero attached hydrogens (tertiary/aromatic N) is 1. The van der Waals surface area contributed by atoms with Gasteiger partial charge in [-0.1, -0.05) is 6.92 Å². The van der Waals surface area contributed by atoms with Gasteiger partial charge in [-0.3, -0.25) is 0 Å². The van der Waals surface area contributed by atoms with Gasteiger partial charge in [0.15, 0.2) is 5.11 Å². The van der Waals surface area contributed by atoms with Crippen molar-refractivity contribution in [3.63, 3.8) is 0 Å². The molecule has 74 valence electrons. The molecule has 0 aromatic carbocycles.